The van der Waals surface area contributed by atoms with Crippen LogP contribution < -0.4 is 5.32 Å². The number of piperidine rings is 1. The van der Waals surface area contributed by atoms with E-state index in [0.717, 1.165) is 44.0 Å². The van der Waals surface area contributed by atoms with Crippen molar-refractivity contribution in [2.45, 2.75) is 25.4 Å². The van der Waals surface area contributed by atoms with E-state index in [1.165, 1.54) is 0 Å². The Morgan fingerprint density at radius 1 is 1.35 bits per heavy atom. The molecule has 1 fully saturated rings. The molecular formula is C13H19N7. The molecule has 1 aliphatic rings. The summed E-state index contributed by atoms with van der Waals surface area (Å²) < 4.78 is 1.84. The van der Waals surface area contributed by atoms with Crippen molar-refractivity contribution in [1.82, 2.24) is 29.9 Å². The van der Waals surface area contributed by atoms with Gasteiger partial charge in [0.05, 0.1) is 11.9 Å². The van der Waals surface area contributed by atoms with Gasteiger partial charge in [-0.15, -0.1) is 5.10 Å². The molecule has 0 spiro atoms. The number of anilines is 1. The number of rotatable bonds is 4. The van der Waals surface area contributed by atoms with E-state index in [1.807, 2.05) is 24.0 Å². The second kappa shape index (κ2) is 5.96. The molecule has 0 aromatic carbocycles. The summed E-state index contributed by atoms with van der Waals surface area (Å²) in [5, 5.41) is 11.3. The molecule has 3 heterocycles. The van der Waals surface area contributed by atoms with Gasteiger partial charge < -0.3 is 5.32 Å². The zero-order chi connectivity index (χ0) is 13.8. The Balaban J connectivity index is 1.49. The smallest absolute Gasteiger partial charge is 0.129 e. The lowest BCUT2D eigenvalue weighted by molar-refractivity contribution is 0.206. The number of aromatic nitrogens is 5. The number of likely N-dealkylation sites (tertiary alicyclic amines) is 1. The lowest BCUT2D eigenvalue weighted by atomic mass is 10.0. The minimum absolute atomic E-state index is 0.491. The first-order chi connectivity index (χ1) is 9.81. The number of hydrogen-bond donors (Lipinski definition) is 1. The van der Waals surface area contributed by atoms with E-state index >= 15 is 0 Å². The van der Waals surface area contributed by atoms with E-state index in [4.69, 9.17) is 0 Å². The Morgan fingerprint density at radius 3 is 2.85 bits per heavy atom. The maximum atomic E-state index is 4.21. The van der Waals surface area contributed by atoms with Gasteiger partial charge in [-0.05, 0) is 18.9 Å². The largest absolute Gasteiger partial charge is 0.367 e. The van der Waals surface area contributed by atoms with Crippen molar-refractivity contribution in [3.8, 4) is 0 Å². The second-order valence-electron chi connectivity index (χ2n) is 5.14. The maximum absolute atomic E-state index is 4.21. The van der Waals surface area contributed by atoms with Crippen LogP contribution in [0.1, 0.15) is 18.5 Å². The highest BCUT2D eigenvalue weighted by molar-refractivity contribution is 5.33. The molecule has 0 aliphatic carbocycles. The molecule has 0 bridgehead atoms. The lowest BCUT2D eigenvalue weighted by Crippen LogP contribution is -2.39. The molecule has 0 unspecified atom stereocenters. The number of nitrogens with zero attached hydrogens (tertiary/aromatic N) is 6. The Labute approximate surface area is 118 Å². The van der Waals surface area contributed by atoms with E-state index in [1.54, 1.807) is 12.5 Å². The summed E-state index contributed by atoms with van der Waals surface area (Å²) in [6.45, 7) is 3.07. The molecule has 1 saturated heterocycles. The van der Waals surface area contributed by atoms with Crippen LogP contribution in [0.4, 0.5) is 5.82 Å². The van der Waals surface area contributed by atoms with Crippen LogP contribution in [0.5, 0.6) is 0 Å². The van der Waals surface area contributed by atoms with E-state index in [2.05, 4.69) is 30.5 Å². The molecule has 0 amide bonds. The molecule has 2 aromatic rings. The molecule has 0 saturated carbocycles. The van der Waals surface area contributed by atoms with Gasteiger partial charge in [0, 0.05) is 38.9 Å². The van der Waals surface area contributed by atoms with Gasteiger partial charge in [0.15, 0.2) is 0 Å². The molecule has 7 heteroatoms. The van der Waals surface area contributed by atoms with Crippen molar-refractivity contribution in [3.05, 3.63) is 30.5 Å². The molecule has 1 N–H and O–H groups in total. The van der Waals surface area contributed by atoms with Gasteiger partial charge in [-0.1, -0.05) is 5.21 Å². The highest BCUT2D eigenvalue weighted by Gasteiger charge is 2.20. The third-order valence-corrected chi connectivity index (χ3v) is 3.72. The zero-order valence-electron chi connectivity index (χ0n) is 11.6. The fraction of sp³-hybridized carbons (Fsp3) is 0.538. The van der Waals surface area contributed by atoms with Crippen molar-refractivity contribution in [2.75, 3.05) is 18.4 Å². The first kappa shape index (κ1) is 13.0. The summed E-state index contributed by atoms with van der Waals surface area (Å²) in [4.78, 5) is 10.6. The SMILES string of the molecule is Cn1nncc1CN1CCC(Nc2ccncn2)CC1. The highest BCUT2D eigenvalue weighted by Crippen LogP contribution is 2.16. The van der Waals surface area contributed by atoms with Crippen LogP contribution in [0.25, 0.3) is 0 Å². The number of aryl methyl sites for hydroxylation is 1. The summed E-state index contributed by atoms with van der Waals surface area (Å²) in [5.41, 5.74) is 1.16. The van der Waals surface area contributed by atoms with Gasteiger partial charge in [0.25, 0.3) is 0 Å². The van der Waals surface area contributed by atoms with E-state index < -0.39 is 0 Å². The fourth-order valence-electron chi connectivity index (χ4n) is 2.50. The van der Waals surface area contributed by atoms with Crippen LogP contribution in [0.2, 0.25) is 0 Å². The van der Waals surface area contributed by atoms with E-state index in [-0.39, 0.29) is 0 Å². The molecule has 0 radical (unpaired) electrons. The number of hydrogen-bond acceptors (Lipinski definition) is 6. The van der Waals surface area contributed by atoms with Gasteiger partial charge >= 0.3 is 0 Å². The molecular weight excluding hydrogens is 254 g/mol. The fourth-order valence-corrected chi connectivity index (χ4v) is 2.50. The predicted molar refractivity (Wildman–Crippen MR) is 75.0 cm³/mol. The molecule has 20 heavy (non-hydrogen) atoms. The Morgan fingerprint density at radius 2 is 2.20 bits per heavy atom. The minimum Gasteiger partial charge on any atom is -0.367 e. The summed E-state index contributed by atoms with van der Waals surface area (Å²) in [5.74, 6) is 0.911. The van der Waals surface area contributed by atoms with Crippen molar-refractivity contribution in [2.24, 2.45) is 7.05 Å². The van der Waals surface area contributed by atoms with Crippen LogP contribution in [-0.2, 0) is 13.6 Å². The summed E-state index contributed by atoms with van der Waals surface area (Å²) in [6, 6.07) is 2.40. The minimum atomic E-state index is 0.491. The molecule has 2 aromatic heterocycles. The maximum Gasteiger partial charge on any atom is 0.129 e. The predicted octanol–water partition coefficient (Wildman–Crippen LogP) is 0.682. The summed E-state index contributed by atoms with van der Waals surface area (Å²) in [7, 11) is 1.94. The molecule has 1 aliphatic heterocycles. The molecule has 0 atom stereocenters. The Bertz CT molecular complexity index is 531. The van der Waals surface area contributed by atoms with Gasteiger partial charge in [0.2, 0.25) is 0 Å². The monoisotopic (exact) mass is 273 g/mol. The highest BCUT2D eigenvalue weighted by atomic mass is 15.4. The van der Waals surface area contributed by atoms with Gasteiger partial charge in [-0.3, -0.25) is 9.58 Å². The van der Waals surface area contributed by atoms with Crippen molar-refractivity contribution in [1.29, 1.82) is 0 Å². The van der Waals surface area contributed by atoms with E-state index in [9.17, 15) is 0 Å². The van der Waals surface area contributed by atoms with E-state index in [0.29, 0.717) is 6.04 Å². The van der Waals surface area contributed by atoms with Crippen LogP contribution in [-0.4, -0.2) is 49.0 Å². The Hall–Kier alpha value is -2.02. The standard InChI is InChI=1S/C13H19N7/c1-19-12(8-16-18-19)9-20-6-3-11(4-7-20)17-13-2-5-14-10-15-13/h2,5,8,10-11H,3-4,6-7,9H2,1H3,(H,14,15,17). The lowest BCUT2D eigenvalue weighted by Gasteiger charge is -2.32. The van der Waals surface area contributed by atoms with Crippen LogP contribution >= 0.6 is 0 Å². The normalized spacial score (nSPS) is 17.2. The van der Waals surface area contributed by atoms with Gasteiger partial charge in [-0.25, -0.2) is 9.97 Å². The molecule has 106 valence electrons. The third-order valence-electron chi connectivity index (χ3n) is 3.72. The average Bonchev–Trinajstić information content (AvgIpc) is 2.88. The Kier molecular flexibility index (Phi) is 3.87. The zero-order valence-corrected chi connectivity index (χ0v) is 11.6. The van der Waals surface area contributed by atoms with Crippen LogP contribution in [0.15, 0.2) is 24.8 Å². The topological polar surface area (TPSA) is 71.8 Å². The quantitative estimate of drug-likeness (QED) is 0.883. The second-order valence-corrected chi connectivity index (χ2v) is 5.14. The third kappa shape index (κ3) is 3.11. The van der Waals surface area contributed by atoms with Gasteiger partial charge in [-0.2, -0.15) is 0 Å². The average molecular weight is 273 g/mol. The first-order valence-corrected chi connectivity index (χ1v) is 6.90. The summed E-state index contributed by atoms with van der Waals surface area (Å²) >= 11 is 0. The first-order valence-electron chi connectivity index (χ1n) is 6.90. The summed E-state index contributed by atoms with van der Waals surface area (Å²) in [6.07, 6.45) is 7.42. The van der Waals surface area contributed by atoms with Crippen LogP contribution in [0, 0.1) is 0 Å². The molecule has 7 nitrogen and oxygen atoms in total. The van der Waals surface area contributed by atoms with Crippen molar-refractivity contribution < 1.29 is 0 Å². The van der Waals surface area contributed by atoms with Gasteiger partial charge in [0.1, 0.15) is 12.1 Å². The molecule has 3 rings (SSSR count). The van der Waals surface area contributed by atoms with Crippen LogP contribution in [0.3, 0.4) is 0 Å². The van der Waals surface area contributed by atoms with Crippen molar-refractivity contribution in [3.63, 3.8) is 0 Å². The van der Waals surface area contributed by atoms with Crippen molar-refractivity contribution >= 4 is 5.82 Å². The number of nitrogens with one attached hydrogen (secondary N) is 1.